The molecule has 16 heteroatoms. The molecule has 0 aliphatic carbocycles. The Bertz CT molecular complexity index is 1600. The van der Waals surface area contributed by atoms with Gasteiger partial charge in [-0.2, -0.15) is 13.2 Å². The molecule has 2 unspecified atom stereocenters. The predicted molar refractivity (Wildman–Crippen MR) is 182 cm³/mol. The van der Waals surface area contributed by atoms with E-state index in [-0.39, 0.29) is 46.9 Å². The van der Waals surface area contributed by atoms with Crippen molar-refractivity contribution in [2.24, 2.45) is 0 Å². The van der Waals surface area contributed by atoms with Crippen LogP contribution in [0.4, 0.5) is 44.6 Å². The Balaban J connectivity index is 1.79. The van der Waals surface area contributed by atoms with Gasteiger partial charge in [0.15, 0.2) is 0 Å². The van der Waals surface area contributed by atoms with Gasteiger partial charge in [-0.3, -0.25) is 25.4 Å². The van der Waals surface area contributed by atoms with Crippen molar-refractivity contribution in [3.8, 4) is 0 Å². The first-order valence-electron chi connectivity index (χ1n) is 16.1. The van der Waals surface area contributed by atoms with Crippen LogP contribution in [0.1, 0.15) is 76.3 Å². The smallest absolute Gasteiger partial charge is 0.446 e. The van der Waals surface area contributed by atoms with Crippen LogP contribution in [0.25, 0.3) is 0 Å². The van der Waals surface area contributed by atoms with E-state index in [9.17, 15) is 32.3 Å². The number of nitrogens with one attached hydrogen (secondary N) is 3. The second-order valence-electron chi connectivity index (χ2n) is 11.6. The highest BCUT2D eigenvalue weighted by atomic mass is 32.2. The molecule has 0 saturated carbocycles. The van der Waals surface area contributed by atoms with E-state index in [4.69, 9.17) is 9.47 Å². The molecule has 12 nitrogen and oxygen atoms in total. The van der Waals surface area contributed by atoms with E-state index in [1.807, 2.05) is 13.8 Å². The number of aromatic nitrogens is 2. The van der Waals surface area contributed by atoms with E-state index >= 15 is 0 Å². The Morgan fingerprint density at radius 3 is 1.78 bits per heavy atom. The number of alkyl halides is 3. The molecule has 2 atom stereocenters. The van der Waals surface area contributed by atoms with Crippen LogP contribution in [0.5, 0.6) is 0 Å². The number of halogens is 3. The van der Waals surface area contributed by atoms with Crippen LogP contribution in [0.15, 0.2) is 66.1 Å². The first kappa shape index (κ1) is 38.0. The van der Waals surface area contributed by atoms with Crippen molar-refractivity contribution in [3.05, 3.63) is 72.3 Å². The van der Waals surface area contributed by atoms with E-state index in [0.29, 0.717) is 24.0 Å². The maximum atomic E-state index is 14.8. The molecule has 2 aromatic heterocycles. The van der Waals surface area contributed by atoms with Gasteiger partial charge in [0.1, 0.15) is 5.54 Å². The molecule has 3 aromatic rings. The summed E-state index contributed by atoms with van der Waals surface area (Å²) < 4.78 is 49.6. The van der Waals surface area contributed by atoms with Crippen LogP contribution in [-0.2, 0) is 14.3 Å². The van der Waals surface area contributed by atoms with Crippen molar-refractivity contribution in [2.75, 3.05) is 28.7 Å². The third kappa shape index (κ3) is 8.83. The van der Waals surface area contributed by atoms with Gasteiger partial charge >= 0.3 is 23.7 Å². The van der Waals surface area contributed by atoms with Gasteiger partial charge in [-0.1, -0.05) is 40.5 Å². The van der Waals surface area contributed by atoms with Gasteiger partial charge < -0.3 is 14.8 Å². The number of ether oxygens (including phenoxy) is 2. The lowest BCUT2D eigenvalue weighted by Gasteiger charge is -2.39. The molecule has 1 aliphatic heterocycles. The summed E-state index contributed by atoms with van der Waals surface area (Å²) in [6.07, 6.45) is 7.21. The van der Waals surface area contributed by atoms with E-state index < -0.39 is 47.0 Å². The van der Waals surface area contributed by atoms with Crippen molar-refractivity contribution in [2.45, 2.75) is 81.2 Å². The lowest BCUT2D eigenvalue weighted by Crippen LogP contribution is -2.55. The van der Waals surface area contributed by atoms with Crippen molar-refractivity contribution < 1.29 is 41.8 Å². The number of rotatable bonds is 14. The van der Waals surface area contributed by atoms with Crippen molar-refractivity contribution in [1.82, 2.24) is 15.3 Å². The molecule has 1 fully saturated rings. The molecule has 50 heavy (non-hydrogen) atoms. The average molecular weight is 717 g/mol. The molecule has 0 bridgehead atoms. The topological polar surface area (TPSA) is 152 Å². The zero-order chi connectivity index (χ0) is 36.5. The van der Waals surface area contributed by atoms with E-state index in [1.54, 1.807) is 26.0 Å². The Labute approximate surface area is 291 Å². The van der Waals surface area contributed by atoms with Gasteiger partial charge in [0.25, 0.3) is 5.91 Å². The van der Waals surface area contributed by atoms with Crippen LogP contribution in [0.3, 0.4) is 0 Å². The molecule has 4 rings (SSSR count). The number of carbonyl (C=O) groups excluding carboxylic acids is 4. The van der Waals surface area contributed by atoms with Crippen LogP contribution < -0.4 is 20.9 Å². The highest BCUT2D eigenvalue weighted by Crippen LogP contribution is 2.48. The maximum absolute atomic E-state index is 14.8. The van der Waals surface area contributed by atoms with Gasteiger partial charge in [0.05, 0.1) is 42.7 Å². The van der Waals surface area contributed by atoms with Crippen molar-refractivity contribution in [3.63, 3.8) is 0 Å². The minimum atomic E-state index is -4.53. The zero-order valence-corrected chi connectivity index (χ0v) is 28.8. The molecule has 0 spiro atoms. The second kappa shape index (κ2) is 16.7. The maximum Gasteiger partial charge on any atom is 0.446 e. The van der Waals surface area contributed by atoms with Gasteiger partial charge in [-0.15, -0.1) is 0 Å². The normalized spacial score (nSPS) is 17.1. The second-order valence-corrected chi connectivity index (χ2v) is 12.7. The quantitative estimate of drug-likeness (QED) is 0.0852. The largest absolute Gasteiger partial charge is 0.449 e. The number of nitrogens with zero attached hydrogens (tertiary/aromatic N) is 3. The Kier molecular flexibility index (Phi) is 12.7. The molecular formula is C34H39F3N6O6S. The Hall–Kier alpha value is -4.86. The molecule has 268 valence electrons. The molecular weight excluding hydrogens is 677 g/mol. The summed E-state index contributed by atoms with van der Waals surface area (Å²) in [7, 11) is 0. The number of thioether (sulfide) groups is 1. The molecule has 0 radical (unpaired) electrons. The third-order valence-corrected chi connectivity index (χ3v) is 9.09. The Morgan fingerprint density at radius 1 is 0.860 bits per heavy atom. The van der Waals surface area contributed by atoms with Crippen LogP contribution in [0.2, 0.25) is 0 Å². The number of urea groups is 1. The number of hydrogen-bond acceptors (Lipinski definition) is 9. The molecule has 3 N–H and O–H groups in total. The summed E-state index contributed by atoms with van der Waals surface area (Å²) in [5, 5.41) is 8.26. The number of amides is 5. The first-order chi connectivity index (χ1) is 23.8. The third-order valence-electron chi connectivity index (χ3n) is 8.35. The molecule has 5 amide bonds. The standard InChI is InChI=1S/C34H39F3N6O6S/c1-5-7-17-48-31(46)40-27-19-38-15-13-25(27)21(3)33(22(4)26-14-16-39-20-28(26)41-32(47)49-18-8-6-2)29(44)43(30(45)42-33)23-9-11-24(12-10-23)50-34(35,36)37/h9-16,19-22H,5-8,17-18H2,1-4H3,(H,40,46)(H,41,47)(H,42,45). The Morgan fingerprint density at radius 2 is 1.34 bits per heavy atom. The number of carbonyl (C=O) groups is 4. The summed E-state index contributed by atoms with van der Waals surface area (Å²) >= 11 is -0.323. The van der Waals surface area contributed by atoms with Gasteiger partial charge in [-0.25, -0.2) is 19.3 Å². The van der Waals surface area contributed by atoms with Crippen LogP contribution in [-0.4, -0.2) is 58.4 Å². The predicted octanol–water partition coefficient (Wildman–Crippen LogP) is 8.19. The molecule has 3 heterocycles. The summed E-state index contributed by atoms with van der Waals surface area (Å²) in [5.74, 6) is -2.49. The van der Waals surface area contributed by atoms with E-state index in [2.05, 4.69) is 25.9 Å². The van der Waals surface area contributed by atoms with Crippen molar-refractivity contribution in [1.29, 1.82) is 0 Å². The average Bonchev–Trinajstić information content (AvgIpc) is 3.34. The molecule has 1 saturated heterocycles. The summed E-state index contributed by atoms with van der Waals surface area (Å²) in [6.45, 7) is 7.67. The zero-order valence-electron chi connectivity index (χ0n) is 28.0. The number of pyridine rings is 2. The highest BCUT2D eigenvalue weighted by molar-refractivity contribution is 8.00. The number of anilines is 3. The lowest BCUT2D eigenvalue weighted by atomic mass is 9.69. The highest BCUT2D eigenvalue weighted by Gasteiger charge is 2.59. The summed E-state index contributed by atoms with van der Waals surface area (Å²) in [6, 6.07) is 7.24. The summed E-state index contributed by atoms with van der Waals surface area (Å²) in [5.41, 5.74) is -4.96. The van der Waals surface area contributed by atoms with Gasteiger partial charge in [0, 0.05) is 29.1 Å². The number of benzene rings is 1. The van der Waals surface area contributed by atoms with Gasteiger partial charge in [-0.05, 0) is 72.1 Å². The number of hydrogen-bond donors (Lipinski definition) is 3. The fraction of sp³-hybridized carbons (Fsp3) is 0.412. The van der Waals surface area contributed by atoms with Crippen LogP contribution in [0, 0.1) is 0 Å². The summed E-state index contributed by atoms with van der Waals surface area (Å²) in [4.78, 5) is 63.0. The van der Waals surface area contributed by atoms with Crippen molar-refractivity contribution >= 4 is 52.9 Å². The fourth-order valence-electron chi connectivity index (χ4n) is 5.73. The first-order valence-corrected chi connectivity index (χ1v) is 16.9. The van der Waals surface area contributed by atoms with Gasteiger partial charge in [0.2, 0.25) is 0 Å². The van der Waals surface area contributed by atoms with E-state index in [0.717, 1.165) is 17.7 Å². The minimum absolute atomic E-state index is 0.0421. The number of imide groups is 1. The lowest BCUT2D eigenvalue weighted by molar-refractivity contribution is -0.123. The van der Waals surface area contributed by atoms with E-state index in [1.165, 1.54) is 49.1 Å². The molecule has 1 aromatic carbocycles. The molecule has 1 aliphatic rings. The SMILES string of the molecule is CCCCOC(=O)Nc1cnccc1C(C)C1(C(C)c2ccncc2NC(=O)OCCCC)NC(=O)N(c2ccc(SC(F)(F)F)cc2)C1=O. The number of unbranched alkanes of at least 4 members (excludes halogenated alkanes) is 2. The minimum Gasteiger partial charge on any atom is -0.449 e. The monoisotopic (exact) mass is 716 g/mol. The fourth-order valence-corrected chi connectivity index (χ4v) is 6.27. The van der Waals surface area contributed by atoms with Crippen LogP contribution >= 0.6 is 11.8 Å².